The molecule has 3 aromatic rings. The van der Waals surface area contributed by atoms with Crippen molar-refractivity contribution in [3.05, 3.63) is 47.9 Å². The Bertz CT molecular complexity index is 876. The van der Waals surface area contributed by atoms with Crippen molar-refractivity contribution < 1.29 is 4.79 Å². The number of amides is 1. The smallest absolute Gasteiger partial charge is 0.233 e. The third-order valence-electron chi connectivity index (χ3n) is 3.92. The number of nitrogens with zero attached hydrogens (tertiary/aromatic N) is 5. The summed E-state index contributed by atoms with van der Waals surface area (Å²) in [4.78, 5) is 22.6. The van der Waals surface area contributed by atoms with E-state index in [-0.39, 0.29) is 5.91 Å². The van der Waals surface area contributed by atoms with Crippen LogP contribution in [-0.4, -0.2) is 43.4 Å². The second-order valence-electron chi connectivity index (χ2n) is 5.65. The molecule has 124 valence electrons. The molecule has 7 heteroatoms. The van der Waals surface area contributed by atoms with Crippen LogP contribution in [0.5, 0.6) is 0 Å². The second-order valence-corrected chi connectivity index (χ2v) is 6.61. The first-order chi connectivity index (χ1) is 11.6. The van der Waals surface area contributed by atoms with Crippen LogP contribution in [0.15, 0.2) is 41.8 Å². The maximum atomic E-state index is 12.4. The molecule has 1 amide bonds. The quantitative estimate of drug-likeness (QED) is 0.527. The minimum atomic E-state index is 0.0684. The molecule has 0 saturated carbocycles. The van der Waals surface area contributed by atoms with Crippen LogP contribution in [0.2, 0.25) is 0 Å². The SMILES string of the molecule is Cc1ccccc1CN(C)C(=O)CSc1ncnc2c1cnn2C. The molecule has 0 fully saturated rings. The van der Waals surface area contributed by atoms with Gasteiger partial charge in [0.2, 0.25) is 5.91 Å². The fourth-order valence-electron chi connectivity index (χ4n) is 2.43. The fraction of sp³-hybridized carbons (Fsp3) is 0.294. The highest BCUT2D eigenvalue weighted by atomic mass is 32.2. The normalized spacial score (nSPS) is 11.0. The molecule has 6 nitrogen and oxygen atoms in total. The van der Waals surface area contributed by atoms with Crippen LogP contribution in [0, 0.1) is 6.92 Å². The van der Waals surface area contributed by atoms with Crippen molar-refractivity contribution in [2.45, 2.75) is 18.5 Å². The number of benzene rings is 1. The van der Waals surface area contributed by atoms with E-state index in [0.29, 0.717) is 12.3 Å². The average Bonchev–Trinajstić information content (AvgIpc) is 2.96. The molecule has 0 radical (unpaired) electrons. The molecule has 0 aliphatic heterocycles. The number of thioether (sulfide) groups is 1. The van der Waals surface area contributed by atoms with Crippen molar-refractivity contribution in [2.75, 3.05) is 12.8 Å². The lowest BCUT2D eigenvalue weighted by molar-refractivity contribution is -0.127. The predicted molar refractivity (Wildman–Crippen MR) is 94.7 cm³/mol. The zero-order chi connectivity index (χ0) is 17.1. The van der Waals surface area contributed by atoms with Gasteiger partial charge in [0.25, 0.3) is 0 Å². The number of hydrogen-bond donors (Lipinski definition) is 0. The largest absolute Gasteiger partial charge is 0.341 e. The van der Waals surface area contributed by atoms with Crippen molar-refractivity contribution in [1.29, 1.82) is 0 Å². The maximum absolute atomic E-state index is 12.4. The minimum Gasteiger partial charge on any atom is -0.341 e. The van der Waals surface area contributed by atoms with E-state index in [1.165, 1.54) is 23.7 Å². The first kappa shape index (κ1) is 16.4. The van der Waals surface area contributed by atoms with E-state index in [1.54, 1.807) is 15.8 Å². The van der Waals surface area contributed by atoms with Gasteiger partial charge < -0.3 is 4.90 Å². The van der Waals surface area contributed by atoms with Crippen LogP contribution in [0.3, 0.4) is 0 Å². The second kappa shape index (κ2) is 7.00. The van der Waals surface area contributed by atoms with E-state index in [9.17, 15) is 4.79 Å². The zero-order valence-corrected chi connectivity index (χ0v) is 14.7. The molecule has 0 aliphatic rings. The van der Waals surface area contributed by atoms with E-state index in [0.717, 1.165) is 21.6 Å². The third kappa shape index (κ3) is 3.41. The van der Waals surface area contributed by atoms with Gasteiger partial charge in [0, 0.05) is 20.6 Å². The Balaban J connectivity index is 1.65. The highest BCUT2D eigenvalue weighted by Crippen LogP contribution is 2.24. The van der Waals surface area contributed by atoms with Crippen LogP contribution in [0.1, 0.15) is 11.1 Å². The Labute approximate surface area is 144 Å². The number of fused-ring (bicyclic) bond motifs is 1. The van der Waals surface area contributed by atoms with Crippen molar-refractivity contribution in [1.82, 2.24) is 24.6 Å². The number of aryl methyl sites for hydroxylation is 2. The van der Waals surface area contributed by atoms with Gasteiger partial charge in [-0.15, -0.1) is 0 Å². The highest BCUT2D eigenvalue weighted by Gasteiger charge is 2.14. The highest BCUT2D eigenvalue weighted by molar-refractivity contribution is 8.00. The van der Waals surface area contributed by atoms with Gasteiger partial charge in [-0.2, -0.15) is 5.10 Å². The fourth-order valence-corrected chi connectivity index (χ4v) is 3.33. The van der Waals surface area contributed by atoms with Gasteiger partial charge in [0.15, 0.2) is 5.65 Å². The van der Waals surface area contributed by atoms with Gasteiger partial charge in [0.1, 0.15) is 11.4 Å². The van der Waals surface area contributed by atoms with Gasteiger partial charge in [-0.1, -0.05) is 36.0 Å². The molecule has 0 unspecified atom stereocenters. The monoisotopic (exact) mass is 341 g/mol. The van der Waals surface area contributed by atoms with Crippen molar-refractivity contribution in [3.8, 4) is 0 Å². The molecule has 0 bridgehead atoms. The van der Waals surface area contributed by atoms with E-state index < -0.39 is 0 Å². The Morgan fingerprint density at radius 3 is 2.88 bits per heavy atom. The Morgan fingerprint density at radius 2 is 2.08 bits per heavy atom. The molecule has 2 heterocycles. The number of carbonyl (C=O) groups is 1. The molecule has 2 aromatic heterocycles. The first-order valence-corrected chi connectivity index (χ1v) is 8.59. The summed E-state index contributed by atoms with van der Waals surface area (Å²) in [5, 5.41) is 5.85. The average molecular weight is 341 g/mol. The molecular formula is C17H19N5OS. The molecule has 24 heavy (non-hydrogen) atoms. The molecule has 0 spiro atoms. The number of rotatable bonds is 5. The Kier molecular flexibility index (Phi) is 4.80. The topological polar surface area (TPSA) is 63.9 Å². The summed E-state index contributed by atoms with van der Waals surface area (Å²) in [7, 11) is 3.67. The van der Waals surface area contributed by atoms with Gasteiger partial charge in [0.05, 0.1) is 17.3 Å². The number of hydrogen-bond acceptors (Lipinski definition) is 5. The molecule has 3 rings (SSSR count). The summed E-state index contributed by atoms with van der Waals surface area (Å²) in [6.45, 7) is 2.67. The Hall–Kier alpha value is -2.41. The maximum Gasteiger partial charge on any atom is 0.233 e. The van der Waals surface area contributed by atoms with Crippen molar-refractivity contribution in [3.63, 3.8) is 0 Å². The first-order valence-electron chi connectivity index (χ1n) is 7.60. The van der Waals surface area contributed by atoms with Gasteiger partial charge in [-0.3, -0.25) is 9.48 Å². The summed E-state index contributed by atoms with van der Waals surface area (Å²) in [5.74, 6) is 0.405. The zero-order valence-electron chi connectivity index (χ0n) is 13.9. The summed E-state index contributed by atoms with van der Waals surface area (Å²) < 4.78 is 1.70. The number of aromatic nitrogens is 4. The number of carbonyl (C=O) groups excluding carboxylic acids is 1. The molecule has 0 aliphatic carbocycles. The summed E-state index contributed by atoms with van der Waals surface area (Å²) in [6.07, 6.45) is 3.24. The molecular weight excluding hydrogens is 322 g/mol. The molecule has 0 saturated heterocycles. The third-order valence-corrected chi connectivity index (χ3v) is 4.91. The lowest BCUT2D eigenvalue weighted by Crippen LogP contribution is -2.28. The van der Waals surface area contributed by atoms with Crippen molar-refractivity contribution in [2.24, 2.45) is 7.05 Å². The van der Waals surface area contributed by atoms with Crippen molar-refractivity contribution >= 4 is 28.7 Å². The van der Waals surface area contributed by atoms with Gasteiger partial charge in [-0.25, -0.2) is 9.97 Å². The standard InChI is InChI=1S/C17H19N5OS/c1-12-6-4-5-7-13(12)9-21(2)15(23)10-24-17-14-8-20-22(3)16(14)18-11-19-17/h4-8,11H,9-10H2,1-3H3. The predicted octanol–water partition coefficient (Wildman–Crippen LogP) is 2.42. The van der Waals surface area contributed by atoms with Crippen LogP contribution in [-0.2, 0) is 18.4 Å². The summed E-state index contributed by atoms with van der Waals surface area (Å²) in [5.41, 5.74) is 3.13. The van der Waals surface area contributed by atoms with Crippen LogP contribution in [0.25, 0.3) is 11.0 Å². The van der Waals surface area contributed by atoms with E-state index in [1.807, 2.05) is 26.2 Å². The lowest BCUT2D eigenvalue weighted by atomic mass is 10.1. The molecule has 0 N–H and O–H groups in total. The van der Waals surface area contributed by atoms with E-state index >= 15 is 0 Å². The summed E-state index contributed by atoms with van der Waals surface area (Å²) >= 11 is 1.42. The minimum absolute atomic E-state index is 0.0684. The summed E-state index contributed by atoms with van der Waals surface area (Å²) in [6, 6.07) is 8.11. The molecule has 0 atom stereocenters. The van der Waals surface area contributed by atoms with E-state index in [4.69, 9.17) is 0 Å². The van der Waals surface area contributed by atoms with E-state index in [2.05, 4.69) is 34.1 Å². The van der Waals surface area contributed by atoms with Crippen LogP contribution in [0.4, 0.5) is 0 Å². The molecule has 1 aromatic carbocycles. The van der Waals surface area contributed by atoms with Gasteiger partial charge >= 0.3 is 0 Å². The van der Waals surface area contributed by atoms with Crippen LogP contribution >= 0.6 is 11.8 Å². The van der Waals surface area contributed by atoms with Crippen LogP contribution < -0.4 is 0 Å². The Morgan fingerprint density at radius 1 is 1.29 bits per heavy atom. The van der Waals surface area contributed by atoms with Gasteiger partial charge in [-0.05, 0) is 18.1 Å². The lowest BCUT2D eigenvalue weighted by Gasteiger charge is -2.18.